The van der Waals surface area contributed by atoms with Crippen molar-refractivity contribution in [3.63, 3.8) is 0 Å². The topological polar surface area (TPSA) is 124 Å². The summed E-state index contributed by atoms with van der Waals surface area (Å²) in [5.41, 5.74) is -1.51. The molecular weight excluding hydrogens is 432 g/mol. The van der Waals surface area contributed by atoms with Gasteiger partial charge in [-0.2, -0.15) is 0 Å². The normalized spacial score (nSPS) is 23.1. The van der Waals surface area contributed by atoms with Crippen molar-refractivity contribution in [1.82, 2.24) is 10.2 Å². The van der Waals surface area contributed by atoms with E-state index in [0.717, 1.165) is 0 Å². The van der Waals surface area contributed by atoms with Gasteiger partial charge < -0.3 is 29.4 Å². The van der Waals surface area contributed by atoms with Crippen molar-refractivity contribution in [2.24, 2.45) is 5.92 Å². The number of esters is 1. The second-order valence-corrected chi connectivity index (χ2v) is 10.4. The van der Waals surface area contributed by atoms with E-state index in [1.165, 1.54) is 18.9 Å². The summed E-state index contributed by atoms with van der Waals surface area (Å²) in [7, 11) is 1.41. The minimum Gasteiger partial charge on any atom is -0.458 e. The van der Waals surface area contributed by atoms with Crippen LogP contribution in [0, 0.1) is 5.92 Å². The molecule has 0 aromatic rings. The van der Waals surface area contributed by atoms with Crippen LogP contribution in [0.4, 0.5) is 4.79 Å². The average molecular weight is 475 g/mol. The number of aliphatic hydroxyl groups excluding tert-OH is 1. The fraction of sp³-hybridized carbons (Fsp3) is 0.870. The number of aliphatic hydroxyl groups is 1. The second-order valence-electron chi connectivity index (χ2n) is 10.4. The number of nitrogens with one attached hydrogen (secondary N) is 1. The van der Waals surface area contributed by atoms with Crippen molar-refractivity contribution < 1.29 is 38.4 Å². The number of hydrogen-bond donors (Lipinski definition) is 2. The summed E-state index contributed by atoms with van der Waals surface area (Å²) in [6, 6.07) is -1.44. The van der Waals surface area contributed by atoms with E-state index in [1.807, 2.05) is 6.92 Å². The third-order valence-electron chi connectivity index (χ3n) is 5.09. The van der Waals surface area contributed by atoms with Gasteiger partial charge in [0.2, 0.25) is 12.3 Å². The van der Waals surface area contributed by atoms with Gasteiger partial charge in [0, 0.05) is 32.6 Å². The van der Waals surface area contributed by atoms with Gasteiger partial charge in [0.1, 0.15) is 17.2 Å². The van der Waals surface area contributed by atoms with Gasteiger partial charge >= 0.3 is 12.1 Å². The zero-order valence-electron chi connectivity index (χ0n) is 21.5. The molecule has 192 valence electrons. The molecule has 0 aliphatic carbocycles. The Morgan fingerprint density at radius 3 is 2.09 bits per heavy atom. The lowest BCUT2D eigenvalue weighted by molar-refractivity contribution is -0.182. The van der Waals surface area contributed by atoms with Crippen LogP contribution in [0.3, 0.4) is 0 Å². The van der Waals surface area contributed by atoms with E-state index in [0.29, 0.717) is 12.8 Å². The highest BCUT2D eigenvalue weighted by Gasteiger charge is 2.50. The fourth-order valence-corrected chi connectivity index (χ4v) is 3.75. The van der Waals surface area contributed by atoms with Gasteiger partial charge in [-0.3, -0.25) is 9.69 Å². The van der Waals surface area contributed by atoms with Gasteiger partial charge in [-0.05, 0) is 60.8 Å². The van der Waals surface area contributed by atoms with E-state index >= 15 is 0 Å². The quantitative estimate of drug-likeness (QED) is 0.386. The van der Waals surface area contributed by atoms with Crippen LogP contribution in [-0.2, 0) is 28.5 Å². The first-order chi connectivity index (χ1) is 15.1. The number of amides is 2. The molecule has 1 saturated heterocycles. The molecule has 1 heterocycles. The molecule has 0 aromatic heterocycles. The number of hydrogen-bond acceptors (Lipinski definition) is 8. The van der Waals surface area contributed by atoms with Crippen molar-refractivity contribution in [2.45, 2.75) is 110 Å². The first-order valence-corrected chi connectivity index (χ1v) is 11.4. The van der Waals surface area contributed by atoms with Crippen LogP contribution in [0.15, 0.2) is 0 Å². The monoisotopic (exact) mass is 474 g/mol. The lowest BCUT2D eigenvalue weighted by Crippen LogP contribution is -2.50. The van der Waals surface area contributed by atoms with Gasteiger partial charge in [-0.25, -0.2) is 9.59 Å². The van der Waals surface area contributed by atoms with E-state index in [2.05, 4.69) is 5.32 Å². The van der Waals surface area contributed by atoms with Gasteiger partial charge in [-0.1, -0.05) is 6.92 Å². The first-order valence-electron chi connectivity index (χ1n) is 11.4. The molecule has 0 aromatic carbocycles. The Bertz CT molecular complexity index is 670. The molecule has 33 heavy (non-hydrogen) atoms. The maximum Gasteiger partial charge on any atom is 0.411 e. The summed E-state index contributed by atoms with van der Waals surface area (Å²) in [6.07, 6.45) is -0.946. The molecule has 0 spiro atoms. The SMILES string of the molecule is CC[C@@H](C[C@@H]1[C@H](CO)C[C@H](C(=O)OC(C)(C)C)N1C(=O)OC(C)(C)C)OC(NC(C)=O)OC. The first kappa shape index (κ1) is 29.1. The molecule has 0 saturated carbocycles. The zero-order chi connectivity index (χ0) is 25.6. The highest BCUT2D eigenvalue weighted by atomic mass is 16.7. The lowest BCUT2D eigenvalue weighted by atomic mass is 9.94. The molecule has 1 unspecified atom stereocenters. The minimum absolute atomic E-state index is 0.223. The molecule has 1 aliphatic rings. The molecule has 5 atom stereocenters. The number of rotatable bonds is 9. The number of ether oxygens (including phenoxy) is 4. The maximum absolute atomic E-state index is 13.2. The van der Waals surface area contributed by atoms with Crippen molar-refractivity contribution >= 4 is 18.0 Å². The molecule has 1 fully saturated rings. The predicted molar refractivity (Wildman–Crippen MR) is 121 cm³/mol. The van der Waals surface area contributed by atoms with Crippen LogP contribution < -0.4 is 5.32 Å². The van der Waals surface area contributed by atoms with Crippen LogP contribution in [0.25, 0.3) is 0 Å². The molecule has 2 amide bonds. The Labute approximate surface area is 197 Å². The summed E-state index contributed by atoms with van der Waals surface area (Å²) in [4.78, 5) is 39.0. The van der Waals surface area contributed by atoms with Crippen LogP contribution >= 0.6 is 0 Å². The minimum atomic E-state index is -0.960. The summed E-state index contributed by atoms with van der Waals surface area (Å²) in [5.74, 6) is -1.24. The van der Waals surface area contributed by atoms with Crippen molar-refractivity contribution in [2.75, 3.05) is 13.7 Å². The van der Waals surface area contributed by atoms with Crippen molar-refractivity contribution in [3.05, 3.63) is 0 Å². The Kier molecular flexibility index (Phi) is 10.6. The van der Waals surface area contributed by atoms with E-state index in [1.54, 1.807) is 41.5 Å². The summed E-state index contributed by atoms with van der Waals surface area (Å²) in [5, 5.41) is 12.6. The Hall–Kier alpha value is -1.91. The number of carbonyl (C=O) groups is 3. The van der Waals surface area contributed by atoms with E-state index in [-0.39, 0.29) is 24.9 Å². The van der Waals surface area contributed by atoms with Crippen LogP contribution in [0.1, 0.15) is 74.7 Å². The lowest BCUT2D eigenvalue weighted by Gasteiger charge is -2.35. The van der Waals surface area contributed by atoms with Crippen molar-refractivity contribution in [1.29, 1.82) is 0 Å². The van der Waals surface area contributed by atoms with Crippen LogP contribution in [-0.4, -0.2) is 77.5 Å². The van der Waals surface area contributed by atoms with Gasteiger partial charge in [0.05, 0.1) is 6.10 Å². The number of carbonyl (C=O) groups excluding carboxylic acids is 3. The van der Waals surface area contributed by atoms with Crippen LogP contribution in [0.5, 0.6) is 0 Å². The number of nitrogens with zero attached hydrogens (tertiary/aromatic N) is 1. The Morgan fingerprint density at radius 2 is 1.67 bits per heavy atom. The molecule has 10 heteroatoms. The number of likely N-dealkylation sites (tertiary alicyclic amines) is 1. The van der Waals surface area contributed by atoms with E-state index in [9.17, 15) is 19.5 Å². The van der Waals surface area contributed by atoms with Crippen molar-refractivity contribution in [3.8, 4) is 0 Å². The molecule has 1 aliphatic heterocycles. The molecular formula is C23H42N2O8. The number of methoxy groups -OCH3 is 1. The molecule has 0 bridgehead atoms. The third-order valence-corrected chi connectivity index (χ3v) is 5.09. The summed E-state index contributed by atoms with van der Waals surface area (Å²) in [6.45, 7) is 13.5. The standard InChI is InChI=1S/C23H42N2O8/c1-10-16(31-20(30-9)24-14(2)27)12-17-15(13-26)11-18(19(28)32-22(3,4)5)25(17)21(29)33-23(6,7)8/h15-18,20,26H,10-13H2,1-9H3,(H,24,27)/t15-,16-,17+,18+,20?/m0/s1. The fourth-order valence-electron chi connectivity index (χ4n) is 3.75. The summed E-state index contributed by atoms with van der Waals surface area (Å²) >= 11 is 0. The summed E-state index contributed by atoms with van der Waals surface area (Å²) < 4.78 is 22.2. The maximum atomic E-state index is 13.2. The Morgan fingerprint density at radius 1 is 1.09 bits per heavy atom. The highest BCUT2D eigenvalue weighted by molar-refractivity contribution is 5.83. The molecule has 0 radical (unpaired) electrons. The average Bonchev–Trinajstić information content (AvgIpc) is 3.02. The highest BCUT2D eigenvalue weighted by Crippen LogP contribution is 2.36. The van der Waals surface area contributed by atoms with E-state index < -0.39 is 47.9 Å². The zero-order valence-corrected chi connectivity index (χ0v) is 21.5. The van der Waals surface area contributed by atoms with Crippen LogP contribution in [0.2, 0.25) is 0 Å². The van der Waals surface area contributed by atoms with E-state index in [4.69, 9.17) is 18.9 Å². The second kappa shape index (κ2) is 12.0. The van der Waals surface area contributed by atoms with Gasteiger partial charge in [0.15, 0.2) is 0 Å². The van der Waals surface area contributed by atoms with Gasteiger partial charge in [0.25, 0.3) is 0 Å². The Balaban J connectivity index is 3.22. The molecule has 10 nitrogen and oxygen atoms in total. The molecule has 1 rings (SSSR count). The predicted octanol–water partition coefficient (Wildman–Crippen LogP) is 2.57. The van der Waals surface area contributed by atoms with Gasteiger partial charge in [-0.15, -0.1) is 0 Å². The molecule has 2 N–H and O–H groups in total. The largest absolute Gasteiger partial charge is 0.458 e. The smallest absolute Gasteiger partial charge is 0.411 e. The third kappa shape index (κ3) is 9.46.